The topological polar surface area (TPSA) is 61.8 Å². The zero-order chi connectivity index (χ0) is 12.3. The second-order valence-electron chi connectivity index (χ2n) is 4.96. The predicted octanol–water partition coefficient (Wildman–Crippen LogP) is 2.99. The van der Waals surface area contributed by atoms with E-state index in [0.29, 0.717) is 11.3 Å². The Morgan fingerprint density at radius 3 is 2.88 bits per heavy atom. The molecule has 1 aromatic carbocycles. The van der Waals surface area contributed by atoms with Gasteiger partial charge in [-0.2, -0.15) is 5.26 Å². The average Bonchev–Trinajstić information content (AvgIpc) is 2.72. The molecule has 1 aliphatic carbocycles. The number of rotatable bonds is 3. The first-order valence-electron chi connectivity index (χ1n) is 6.24. The molecule has 0 spiro atoms. The molecule has 3 nitrogen and oxygen atoms in total. The van der Waals surface area contributed by atoms with E-state index < -0.39 is 0 Å². The minimum absolute atomic E-state index is 0.546. The van der Waals surface area contributed by atoms with Crippen molar-refractivity contribution < 1.29 is 0 Å². The van der Waals surface area contributed by atoms with Crippen LogP contribution in [0.4, 0.5) is 11.4 Å². The van der Waals surface area contributed by atoms with E-state index in [4.69, 9.17) is 11.0 Å². The fourth-order valence-electron chi connectivity index (χ4n) is 2.55. The minimum Gasteiger partial charge on any atom is -0.398 e. The Hall–Kier alpha value is -1.69. The van der Waals surface area contributed by atoms with Crippen molar-refractivity contribution >= 4 is 11.4 Å². The molecule has 1 aromatic rings. The highest BCUT2D eigenvalue weighted by Gasteiger charge is 2.22. The van der Waals surface area contributed by atoms with E-state index in [9.17, 15) is 0 Å². The highest BCUT2D eigenvalue weighted by Crippen LogP contribution is 2.31. The SMILES string of the molecule is CC1CCCC1CNc1ccc(C#N)c(N)c1. The van der Waals surface area contributed by atoms with Crippen LogP contribution in [-0.4, -0.2) is 6.54 Å². The van der Waals surface area contributed by atoms with Gasteiger partial charge in [0, 0.05) is 12.2 Å². The van der Waals surface area contributed by atoms with E-state index in [1.165, 1.54) is 19.3 Å². The maximum absolute atomic E-state index is 8.80. The Morgan fingerprint density at radius 2 is 2.29 bits per heavy atom. The number of hydrogen-bond donors (Lipinski definition) is 2. The summed E-state index contributed by atoms with van der Waals surface area (Å²) in [5, 5.41) is 12.2. The van der Waals surface area contributed by atoms with Crippen molar-refractivity contribution in [1.29, 1.82) is 5.26 Å². The van der Waals surface area contributed by atoms with Gasteiger partial charge in [0.15, 0.2) is 0 Å². The lowest BCUT2D eigenvalue weighted by Gasteiger charge is -2.17. The molecule has 1 saturated carbocycles. The molecule has 0 heterocycles. The van der Waals surface area contributed by atoms with E-state index >= 15 is 0 Å². The Labute approximate surface area is 103 Å². The second kappa shape index (κ2) is 5.09. The number of nitrogens with two attached hydrogens (primary N) is 1. The molecule has 2 atom stereocenters. The molecule has 2 unspecified atom stereocenters. The number of nitrogens with one attached hydrogen (secondary N) is 1. The van der Waals surface area contributed by atoms with Crippen molar-refractivity contribution in [3.63, 3.8) is 0 Å². The second-order valence-corrected chi connectivity index (χ2v) is 4.96. The normalized spacial score (nSPS) is 23.3. The van der Waals surface area contributed by atoms with E-state index in [-0.39, 0.29) is 0 Å². The molecule has 0 saturated heterocycles. The first kappa shape index (κ1) is 11.8. The first-order valence-corrected chi connectivity index (χ1v) is 6.24. The van der Waals surface area contributed by atoms with Crippen LogP contribution in [0, 0.1) is 23.2 Å². The third-order valence-corrected chi connectivity index (χ3v) is 3.78. The monoisotopic (exact) mass is 229 g/mol. The highest BCUT2D eigenvalue weighted by atomic mass is 14.9. The highest BCUT2D eigenvalue weighted by molar-refractivity contribution is 5.62. The Balaban J connectivity index is 1.95. The molecule has 0 amide bonds. The summed E-state index contributed by atoms with van der Waals surface area (Å²) in [6.45, 7) is 3.33. The zero-order valence-corrected chi connectivity index (χ0v) is 10.2. The van der Waals surface area contributed by atoms with Gasteiger partial charge in [-0.05, 0) is 36.5 Å². The van der Waals surface area contributed by atoms with Crippen LogP contribution in [0.1, 0.15) is 31.7 Å². The van der Waals surface area contributed by atoms with E-state index in [1.54, 1.807) is 6.07 Å². The predicted molar refractivity (Wildman–Crippen MR) is 70.6 cm³/mol. The van der Waals surface area contributed by atoms with Crippen molar-refractivity contribution in [2.24, 2.45) is 11.8 Å². The van der Waals surface area contributed by atoms with Crippen molar-refractivity contribution in [2.75, 3.05) is 17.6 Å². The van der Waals surface area contributed by atoms with Crippen LogP contribution in [0.5, 0.6) is 0 Å². The van der Waals surface area contributed by atoms with Gasteiger partial charge in [0.05, 0.1) is 11.3 Å². The molecule has 2 rings (SSSR count). The molecule has 0 aromatic heterocycles. The molecule has 0 radical (unpaired) electrons. The van der Waals surface area contributed by atoms with Gasteiger partial charge in [0.1, 0.15) is 6.07 Å². The van der Waals surface area contributed by atoms with Crippen LogP contribution in [0.3, 0.4) is 0 Å². The van der Waals surface area contributed by atoms with Crippen LogP contribution >= 0.6 is 0 Å². The molecule has 0 aliphatic heterocycles. The summed E-state index contributed by atoms with van der Waals surface area (Å²) in [6.07, 6.45) is 4.02. The molecule has 1 aliphatic rings. The number of anilines is 2. The van der Waals surface area contributed by atoms with Crippen LogP contribution in [0.25, 0.3) is 0 Å². The number of nitriles is 1. The van der Waals surface area contributed by atoms with Crippen LogP contribution in [0.15, 0.2) is 18.2 Å². The smallest absolute Gasteiger partial charge is 0.101 e. The minimum atomic E-state index is 0.546. The van der Waals surface area contributed by atoms with Gasteiger partial charge >= 0.3 is 0 Å². The lowest BCUT2D eigenvalue weighted by atomic mass is 9.98. The van der Waals surface area contributed by atoms with E-state index in [0.717, 1.165) is 24.1 Å². The molecular weight excluding hydrogens is 210 g/mol. The Morgan fingerprint density at radius 1 is 1.47 bits per heavy atom. The summed E-state index contributed by atoms with van der Waals surface area (Å²) in [6, 6.07) is 7.62. The Bertz CT molecular complexity index is 434. The summed E-state index contributed by atoms with van der Waals surface area (Å²) < 4.78 is 0. The van der Waals surface area contributed by atoms with Gasteiger partial charge in [-0.3, -0.25) is 0 Å². The molecule has 3 heteroatoms. The van der Waals surface area contributed by atoms with Crippen molar-refractivity contribution in [3.05, 3.63) is 23.8 Å². The lowest BCUT2D eigenvalue weighted by Crippen LogP contribution is -2.16. The fraction of sp³-hybridized carbons (Fsp3) is 0.500. The Kier molecular flexibility index (Phi) is 3.53. The van der Waals surface area contributed by atoms with Crippen LogP contribution < -0.4 is 11.1 Å². The maximum Gasteiger partial charge on any atom is 0.101 e. The molecular formula is C14H19N3. The van der Waals surface area contributed by atoms with E-state index in [1.807, 2.05) is 12.1 Å². The molecule has 3 N–H and O–H groups in total. The van der Waals surface area contributed by atoms with Crippen molar-refractivity contribution in [3.8, 4) is 6.07 Å². The summed E-state index contributed by atoms with van der Waals surface area (Å²) >= 11 is 0. The first-order chi connectivity index (χ1) is 8.20. The third-order valence-electron chi connectivity index (χ3n) is 3.78. The van der Waals surface area contributed by atoms with Gasteiger partial charge in [0.2, 0.25) is 0 Å². The molecule has 1 fully saturated rings. The standard InChI is InChI=1S/C14H19N3/c1-10-3-2-4-12(10)9-17-13-6-5-11(8-15)14(16)7-13/h5-7,10,12,17H,2-4,9,16H2,1H3. The lowest BCUT2D eigenvalue weighted by molar-refractivity contribution is 0.440. The van der Waals surface area contributed by atoms with Crippen molar-refractivity contribution in [1.82, 2.24) is 0 Å². The molecule has 0 bridgehead atoms. The quantitative estimate of drug-likeness (QED) is 0.783. The van der Waals surface area contributed by atoms with Gasteiger partial charge in [-0.25, -0.2) is 0 Å². The zero-order valence-electron chi connectivity index (χ0n) is 10.2. The number of nitrogens with zero attached hydrogens (tertiary/aromatic N) is 1. The van der Waals surface area contributed by atoms with Gasteiger partial charge in [0.25, 0.3) is 0 Å². The fourth-order valence-corrected chi connectivity index (χ4v) is 2.55. The van der Waals surface area contributed by atoms with Crippen LogP contribution in [-0.2, 0) is 0 Å². The molecule has 17 heavy (non-hydrogen) atoms. The largest absolute Gasteiger partial charge is 0.398 e. The third kappa shape index (κ3) is 2.71. The molecule has 90 valence electrons. The number of benzene rings is 1. The number of nitrogen functional groups attached to an aromatic ring is 1. The summed E-state index contributed by atoms with van der Waals surface area (Å²) in [5.41, 5.74) is 7.89. The number of hydrogen-bond acceptors (Lipinski definition) is 3. The summed E-state index contributed by atoms with van der Waals surface area (Å²) in [7, 11) is 0. The van der Waals surface area contributed by atoms with E-state index in [2.05, 4.69) is 18.3 Å². The van der Waals surface area contributed by atoms with Crippen LogP contribution in [0.2, 0.25) is 0 Å². The van der Waals surface area contributed by atoms with Gasteiger partial charge in [-0.1, -0.05) is 19.8 Å². The van der Waals surface area contributed by atoms with Gasteiger partial charge < -0.3 is 11.1 Å². The summed E-state index contributed by atoms with van der Waals surface area (Å²) in [4.78, 5) is 0. The summed E-state index contributed by atoms with van der Waals surface area (Å²) in [5.74, 6) is 1.59. The maximum atomic E-state index is 8.80. The van der Waals surface area contributed by atoms with Crippen molar-refractivity contribution in [2.45, 2.75) is 26.2 Å². The van der Waals surface area contributed by atoms with Gasteiger partial charge in [-0.15, -0.1) is 0 Å². The average molecular weight is 229 g/mol.